The highest BCUT2D eigenvalue weighted by Crippen LogP contribution is 2.26. The van der Waals surface area contributed by atoms with E-state index in [0.717, 1.165) is 35.8 Å². The Balaban J connectivity index is 1.24. The molecular formula is C20H24N4O4. The van der Waals surface area contributed by atoms with Gasteiger partial charge in [0.05, 0.1) is 12.2 Å². The molecule has 1 aromatic heterocycles. The van der Waals surface area contributed by atoms with Crippen LogP contribution in [0.2, 0.25) is 0 Å². The first-order chi connectivity index (χ1) is 13.6. The maximum Gasteiger partial charge on any atom is 0.260 e. The minimum absolute atomic E-state index is 0.0128. The fraction of sp³-hybridized carbons (Fsp3) is 0.450. The van der Waals surface area contributed by atoms with Gasteiger partial charge in [-0.2, -0.15) is 0 Å². The molecule has 2 aliphatic heterocycles. The molecule has 0 atom stereocenters. The van der Waals surface area contributed by atoms with Crippen LogP contribution in [0.5, 0.6) is 5.75 Å². The first-order valence-corrected chi connectivity index (χ1v) is 9.55. The van der Waals surface area contributed by atoms with Crippen LogP contribution in [0.4, 0.5) is 5.69 Å². The Hall–Kier alpha value is -2.87. The number of aryl methyl sites for hydroxylation is 2. The second kappa shape index (κ2) is 8.02. The number of nitrogens with zero attached hydrogens (tertiary/aromatic N) is 3. The maximum absolute atomic E-state index is 12.5. The summed E-state index contributed by atoms with van der Waals surface area (Å²) in [6.07, 6.45) is 1.17. The smallest absolute Gasteiger partial charge is 0.260 e. The topological polar surface area (TPSA) is 87.9 Å². The Kier molecular flexibility index (Phi) is 5.29. The van der Waals surface area contributed by atoms with Crippen molar-refractivity contribution in [2.75, 3.05) is 38.1 Å². The summed E-state index contributed by atoms with van der Waals surface area (Å²) in [5, 5.41) is 6.75. The van der Waals surface area contributed by atoms with Crippen molar-refractivity contribution in [3.05, 3.63) is 41.3 Å². The predicted octanol–water partition coefficient (Wildman–Crippen LogP) is 1.59. The first kappa shape index (κ1) is 18.5. The lowest BCUT2D eigenvalue weighted by atomic mass is 10.0. The highest BCUT2D eigenvalue weighted by molar-refractivity contribution is 5.94. The predicted molar refractivity (Wildman–Crippen MR) is 102 cm³/mol. The number of rotatable bonds is 5. The van der Waals surface area contributed by atoms with Gasteiger partial charge in [0.1, 0.15) is 5.75 Å². The van der Waals surface area contributed by atoms with Crippen LogP contribution >= 0.6 is 0 Å². The largest absolute Gasteiger partial charge is 0.484 e. The lowest BCUT2D eigenvalue weighted by Gasteiger charge is -2.34. The summed E-state index contributed by atoms with van der Waals surface area (Å²) in [5.41, 5.74) is 2.75. The zero-order valence-electron chi connectivity index (χ0n) is 15.9. The molecule has 1 saturated heterocycles. The van der Waals surface area contributed by atoms with Crippen LogP contribution in [0.3, 0.4) is 0 Å². The second-order valence-electron chi connectivity index (χ2n) is 7.25. The molecule has 2 amide bonds. The molecule has 8 nitrogen and oxygen atoms in total. The first-order valence-electron chi connectivity index (χ1n) is 9.55. The Morgan fingerprint density at radius 1 is 1.21 bits per heavy atom. The SMILES string of the molecule is Cc1cc(CN2CCN(C(=O)COc3ccc4c(c3)CCC(=O)N4)CC2)on1. The van der Waals surface area contributed by atoms with Gasteiger partial charge in [-0.15, -0.1) is 0 Å². The minimum atomic E-state index is -0.0128. The molecule has 4 rings (SSSR count). The molecule has 2 aromatic rings. The molecule has 148 valence electrons. The van der Waals surface area contributed by atoms with E-state index < -0.39 is 0 Å². The number of aromatic nitrogens is 1. The average molecular weight is 384 g/mol. The van der Waals surface area contributed by atoms with E-state index in [0.29, 0.717) is 38.2 Å². The molecule has 0 aliphatic carbocycles. The highest BCUT2D eigenvalue weighted by Gasteiger charge is 2.22. The van der Waals surface area contributed by atoms with Gasteiger partial charge < -0.3 is 19.5 Å². The fourth-order valence-corrected chi connectivity index (χ4v) is 3.55. The third-order valence-corrected chi connectivity index (χ3v) is 5.12. The standard InChI is InChI=1S/C20H24N4O4/c1-14-10-17(28-22-14)12-23-6-8-24(9-7-23)20(26)13-27-16-3-4-18-15(11-16)2-5-19(25)21-18/h3-4,10-11H,2,5-9,12-13H2,1H3,(H,21,25). The molecule has 1 N–H and O–H groups in total. The van der Waals surface area contributed by atoms with Gasteiger partial charge in [-0.1, -0.05) is 5.16 Å². The van der Waals surface area contributed by atoms with E-state index >= 15 is 0 Å². The third kappa shape index (κ3) is 4.33. The summed E-state index contributed by atoms with van der Waals surface area (Å²) in [4.78, 5) is 28.0. The number of amides is 2. The summed E-state index contributed by atoms with van der Waals surface area (Å²) in [7, 11) is 0. The summed E-state index contributed by atoms with van der Waals surface area (Å²) < 4.78 is 11.0. The third-order valence-electron chi connectivity index (χ3n) is 5.12. The molecular weight excluding hydrogens is 360 g/mol. The van der Waals surface area contributed by atoms with E-state index in [2.05, 4.69) is 15.4 Å². The Labute approximate surface area is 163 Å². The van der Waals surface area contributed by atoms with Gasteiger partial charge in [0, 0.05) is 44.4 Å². The molecule has 0 radical (unpaired) electrons. The lowest BCUT2D eigenvalue weighted by molar-refractivity contribution is -0.135. The molecule has 0 saturated carbocycles. The summed E-state index contributed by atoms with van der Waals surface area (Å²) in [5.74, 6) is 1.53. The number of carbonyl (C=O) groups excluding carboxylic acids is 2. The van der Waals surface area contributed by atoms with E-state index in [1.807, 2.05) is 30.0 Å². The maximum atomic E-state index is 12.5. The highest BCUT2D eigenvalue weighted by atomic mass is 16.5. The van der Waals surface area contributed by atoms with Crippen LogP contribution in [0.15, 0.2) is 28.8 Å². The molecule has 2 aliphatic rings. The fourth-order valence-electron chi connectivity index (χ4n) is 3.55. The van der Waals surface area contributed by atoms with Gasteiger partial charge in [0.25, 0.3) is 5.91 Å². The molecule has 0 bridgehead atoms. The van der Waals surface area contributed by atoms with Crippen molar-refractivity contribution in [3.8, 4) is 5.75 Å². The molecule has 28 heavy (non-hydrogen) atoms. The van der Waals surface area contributed by atoms with E-state index in [4.69, 9.17) is 9.26 Å². The van der Waals surface area contributed by atoms with Crippen molar-refractivity contribution >= 4 is 17.5 Å². The lowest BCUT2D eigenvalue weighted by Crippen LogP contribution is -2.49. The second-order valence-corrected chi connectivity index (χ2v) is 7.25. The zero-order valence-corrected chi connectivity index (χ0v) is 15.9. The van der Waals surface area contributed by atoms with Crippen molar-refractivity contribution in [1.29, 1.82) is 0 Å². The number of ether oxygens (including phenoxy) is 1. The van der Waals surface area contributed by atoms with Crippen molar-refractivity contribution in [2.45, 2.75) is 26.3 Å². The quantitative estimate of drug-likeness (QED) is 0.842. The summed E-state index contributed by atoms with van der Waals surface area (Å²) >= 11 is 0. The molecule has 8 heteroatoms. The Bertz CT molecular complexity index is 871. The summed E-state index contributed by atoms with van der Waals surface area (Å²) in [6.45, 7) is 5.57. The molecule has 0 spiro atoms. The van der Waals surface area contributed by atoms with Crippen LogP contribution in [-0.2, 0) is 22.6 Å². The Morgan fingerprint density at radius 2 is 2.04 bits per heavy atom. The number of hydrogen-bond acceptors (Lipinski definition) is 6. The monoisotopic (exact) mass is 384 g/mol. The van der Waals surface area contributed by atoms with Gasteiger partial charge in [0.15, 0.2) is 12.4 Å². The molecule has 1 aromatic carbocycles. The van der Waals surface area contributed by atoms with Crippen LogP contribution in [-0.4, -0.2) is 59.6 Å². The summed E-state index contributed by atoms with van der Waals surface area (Å²) in [6, 6.07) is 7.46. The van der Waals surface area contributed by atoms with Gasteiger partial charge in [-0.05, 0) is 37.1 Å². The van der Waals surface area contributed by atoms with Gasteiger partial charge in [-0.25, -0.2) is 0 Å². The molecule has 3 heterocycles. The van der Waals surface area contributed by atoms with Crippen molar-refractivity contribution in [1.82, 2.24) is 15.0 Å². The van der Waals surface area contributed by atoms with Gasteiger partial charge in [-0.3, -0.25) is 14.5 Å². The van der Waals surface area contributed by atoms with Crippen LogP contribution in [0, 0.1) is 6.92 Å². The normalized spacial score (nSPS) is 17.2. The number of hydrogen-bond donors (Lipinski definition) is 1. The van der Waals surface area contributed by atoms with Gasteiger partial charge in [0.2, 0.25) is 5.91 Å². The van der Waals surface area contributed by atoms with Crippen molar-refractivity contribution in [2.24, 2.45) is 0 Å². The van der Waals surface area contributed by atoms with Gasteiger partial charge >= 0.3 is 0 Å². The molecule has 1 fully saturated rings. The van der Waals surface area contributed by atoms with Crippen LogP contribution in [0.1, 0.15) is 23.4 Å². The van der Waals surface area contributed by atoms with Crippen molar-refractivity contribution in [3.63, 3.8) is 0 Å². The number of carbonyl (C=O) groups is 2. The number of fused-ring (bicyclic) bond motifs is 1. The van der Waals surface area contributed by atoms with Crippen molar-refractivity contribution < 1.29 is 18.8 Å². The number of benzene rings is 1. The van der Waals surface area contributed by atoms with E-state index in [1.54, 1.807) is 6.07 Å². The van der Waals surface area contributed by atoms with Crippen LogP contribution < -0.4 is 10.1 Å². The number of nitrogens with one attached hydrogen (secondary N) is 1. The molecule has 0 unspecified atom stereocenters. The van der Waals surface area contributed by atoms with E-state index in [-0.39, 0.29) is 18.4 Å². The number of piperazine rings is 1. The van der Waals surface area contributed by atoms with E-state index in [1.165, 1.54) is 0 Å². The zero-order chi connectivity index (χ0) is 19.5. The van der Waals surface area contributed by atoms with E-state index in [9.17, 15) is 9.59 Å². The Morgan fingerprint density at radius 3 is 2.79 bits per heavy atom. The van der Waals surface area contributed by atoms with Crippen LogP contribution in [0.25, 0.3) is 0 Å². The average Bonchev–Trinajstić information content (AvgIpc) is 3.11. The number of anilines is 1. The minimum Gasteiger partial charge on any atom is -0.484 e.